The summed E-state index contributed by atoms with van der Waals surface area (Å²) in [6.45, 7) is 16.7. The lowest BCUT2D eigenvalue weighted by Gasteiger charge is -2.36. The molecule has 4 aromatic rings. The third-order valence-electron chi connectivity index (χ3n) is 7.01. The lowest BCUT2D eigenvalue weighted by molar-refractivity contribution is 0.272. The van der Waals surface area contributed by atoms with E-state index in [0.717, 1.165) is 28.2 Å². The van der Waals surface area contributed by atoms with Gasteiger partial charge in [-0.05, 0) is 65.1 Å². The zero-order valence-corrected chi connectivity index (χ0v) is 25.0. The van der Waals surface area contributed by atoms with E-state index in [1.807, 2.05) is 36.4 Å². The van der Waals surface area contributed by atoms with Gasteiger partial charge in [-0.25, -0.2) is 9.67 Å². The van der Waals surface area contributed by atoms with Gasteiger partial charge in [0.1, 0.15) is 30.5 Å². The summed E-state index contributed by atoms with van der Waals surface area (Å²) < 4.78 is 20.3. The standard InChI is InChI=1S/C29H36ClN5O3Si/c1-7-13-36-25-12-11-20(17-35-27-24(16-32-35)26(31)33-28(30)34-27)14-22(25)19-37-23-10-8-9-21(15-23)18-38-39(5,6)29(2,3)4/h7-12,14-16H,1,13,17-19H2,2-6H3,(H2,31,33,34). The molecule has 0 amide bonds. The molecule has 0 atom stereocenters. The maximum Gasteiger partial charge on any atom is 0.226 e. The number of nitrogens with zero attached hydrogens (tertiary/aromatic N) is 4. The molecule has 2 heterocycles. The lowest BCUT2D eigenvalue weighted by Crippen LogP contribution is -2.40. The summed E-state index contributed by atoms with van der Waals surface area (Å²) >= 11 is 6.03. The SMILES string of the molecule is C=CCOc1ccc(Cn2ncc3c(N)nc(Cl)nc32)cc1COc1cccc(CO[Si](C)(C)C(C)(C)C)c1. The molecule has 206 valence electrons. The van der Waals surface area contributed by atoms with E-state index in [-0.39, 0.29) is 10.3 Å². The van der Waals surface area contributed by atoms with E-state index in [4.69, 9.17) is 31.2 Å². The Kier molecular flexibility index (Phi) is 8.63. The molecule has 0 saturated carbocycles. The number of anilines is 1. The maximum atomic E-state index is 6.39. The van der Waals surface area contributed by atoms with Gasteiger partial charge in [0.2, 0.25) is 5.28 Å². The number of nitrogens with two attached hydrogens (primary N) is 1. The molecule has 0 unspecified atom stereocenters. The maximum absolute atomic E-state index is 6.39. The number of hydrogen-bond acceptors (Lipinski definition) is 7. The van der Waals surface area contributed by atoms with Gasteiger partial charge in [-0.15, -0.1) is 0 Å². The molecule has 4 rings (SSSR count). The summed E-state index contributed by atoms with van der Waals surface area (Å²) in [5.41, 5.74) is 9.54. The molecule has 0 bridgehead atoms. The van der Waals surface area contributed by atoms with Gasteiger partial charge in [0.25, 0.3) is 0 Å². The molecule has 0 fully saturated rings. The molecule has 39 heavy (non-hydrogen) atoms. The van der Waals surface area contributed by atoms with Crippen molar-refractivity contribution in [3.63, 3.8) is 0 Å². The molecule has 0 spiro atoms. The number of benzene rings is 2. The van der Waals surface area contributed by atoms with Crippen molar-refractivity contribution < 1.29 is 13.9 Å². The van der Waals surface area contributed by atoms with Gasteiger partial charge < -0.3 is 19.6 Å². The van der Waals surface area contributed by atoms with Crippen molar-refractivity contribution in [2.24, 2.45) is 0 Å². The first kappa shape index (κ1) is 28.6. The Morgan fingerprint density at radius 3 is 2.59 bits per heavy atom. The van der Waals surface area contributed by atoms with Gasteiger partial charge in [-0.3, -0.25) is 0 Å². The second-order valence-electron chi connectivity index (χ2n) is 10.9. The van der Waals surface area contributed by atoms with Crippen molar-refractivity contribution in [2.75, 3.05) is 12.3 Å². The van der Waals surface area contributed by atoms with Crippen LogP contribution in [0.1, 0.15) is 37.5 Å². The summed E-state index contributed by atoms with van der Waals surface area (Å²) in [5.74, 6) is 1.80. The van der Waals surface area contributed by atoms with E-state index in [1.165, 1.54) is 0 Å². The summed E-state index contributed by atoms with van der Waals surface area (Å²) in [6, 6.07) is 14.0. The van der Waals surface area contributed by atoms with Crippen LogP contribution in [0.4, 0.5) is 5.82 Å². The van der Waals surface area contributed by atoms with Crippen molar-refractivity contribution in [1.82, 2.24) is 19.7 Å². The van der Waals surface area contributed by atoms with Crippen molar-refractivity contribution in [3.8, 4) is 11.5 Å². The van der Waals surface area contributed by atoms with Gasteiger partial charge in [0, 0.05) is 5.56 Å². The van der Waals surface area contributed by atoms with Crippen molar-refractivity contribution in [2.45, 2.75) is 58.7 Å². The Hall–Kier alpha value is -3.40. The Bertz CT molecular complexity index is 1470. The molecular weight excluding hydrogens is 530 g/mol. The highest BCUT2D eigenvalue weighted by Crippen LogP contribution is 2.37. The molecule has 8 nitrogen and oxygen atoms in total. The zero-order chi connectivity index (χ0) is 28.2. The summed E-state index contributed by atoms with van der Waals surface area (Å²) in [7, 11) is -1.85. The van der Waals surface area contributed by atoms with Crippen LogP contribution in [0.5, 0.6) is 11.5 Å². The number of halogens is 1. The molecular formula is C29H36ClN5O3Si. The van der Waals surface area contributed by atoms with Crippen LogP contribution in [0.2, 0.25) is 23.4 Å². The molecule has 10 heteroatoms. The first-order chi connectivity index (χ1) is 18.5. The van der Waals surface area contributed by atoms with Gasteiger partial charge in [-0.2, -0.15) is 10.1 Å². The fourth-order valence-electron chi connectivity index (χ4n) is 3.74. The van der Waals surface area contributed by atoms with Crippen LogP contribution in [0.25, 0.3) is 11.0 Å². The van der Waals surface area contributed by atoms with Crippen LogP contribution in [-0.4, -0.2) is 34.7 Å². The quantitative estimate of drug-likeness (QED) is 0.122. The van der Waals surface area contributed by atoms with Crippen molar-refractivity contribution in [1.29, 1.82) is 0 Å². The number of aromatic nitrogens is 4. The highest BCUT2D eigenvalue weighted by molar-refractivity contribution is 6.74. The van der Waals surface area contributed by atoms with Gasteiger partial charge in [0.05, 0.1) is 24.7 Å². The molecule has 2 aromatic carbocycles. The lowest BCUT2D eigenvalue weighted by atomic mass is 10.1. The van der Waals surface area contributed by atoms with E-state index in [9.17, 15) is 0 Å². The predicted octanol–water partition coefficient (Wildman–Crippen LogP) is 6.78. The predicted molar refractivity (Wildman–Crippen MR) is 159 cm³/mol. The molecule has 0 aliphatic rings. The van der Waals surface area contributed by atoms with Gasteiger partial charge in [-0.1, -0.05) is 51.6 Å². The Morgan fingerprint density at radius 2 is 1.85 bits per heavy atom. The average molecular weight is 566 g/mol. The van der Waals surface area contributed by atoms with Crippen LogP contribution >= 0.6 is 11.6 Å². The van der Waals surface area contributed by atoms with Crippen molar-refractivity contribution >= 4 is 36.8 Å². The molecule has 0 aliphatic heterocycles. The molecule has 0 aliphatic carbocycles. The minimum atomic E-state index is -1.85. The summed E-state index contributed by atoms with van der Waals surface area (Å²) in [6.07, 6.45) is 3.36. The van der Waals surface area contributed by atoms with E-state index in [0.29, 0.717) is 43.2 Å². The topological polar surface area (TPSA) is 97.3 Å². The monoisotopic (exact) mass is 565 g/mol. The first-order valence-electron chi connectivity index (χ1n) is 12.8. The van der Waals surface area contributed by atoms with Crippen LogP contribution in [-0.2, 0) is 24.2 Å². The second-order valence-corrected chi connectivity index (χ2v) is 16.1. The van der Waals surface area contributed by atoms with Crippen LogP contribution in [0, 0.1) is 0 Å². The zero-order valence-electron chi connectivity index (χ0n) is 23.2. The highest BCUT2D eigenvalue weighted by atomic mass is 35.5. The molecule has 0 radical (unpaired) electrons. The minimum Gasteiger partial charge on any atom is -0.489 e. The summed E-state index contributed by atoms with van der Waals surface area (Å²) in [4.78, 5) is 8.31. The Labute approximate surface area is 235 Å². The van der Waals surface area contributed by atoms with E-state index >= 15 is 0 Å². The van der Waals surface area contributed by atoms with Gasteiger partial charge in [0.15, 0.2) is 14.0 Å². The number of hydrogen-bond donors (Lipinski definition) is 1. The third kappa shape index (κ3) is 6.98. The van der Waals surface area contributed by atoms with Crippen molar-refractivity contribution in [3.05, 3.63) is 83.3 Å². The second kappa shape index (κ2) is 11.8. The molecule has 2 N–H and O–H groups in total. The highest BCUT2D eigenvalue weighted by Gasteiger charge is 2.37. The molecule has 2 aromatic heterocycles. The largest absolute Gasteiger partial charge is 0.489 e. The summed E-state index contributed by atoms with van der Waals surface area (Å²) in [5, 5.41) is 5.34. The van der Waals surface area contributed by atoms with Crippen LogP contribution in [0.3, 0.4) is 0 Å². The normalized spacial score (nSPS) is 12.1. The van der Waals surface area contributed by atoms with E-state index in [2.05, 4.69) is 61.6 Å². The third-order valence-corrected chi connectivity index (χ3v) is 11.7. The first-order valence-corrected chi connectivity index (χ1v) is 16.1. The number of fused-ring (bicyclic) bond motifs is 1. The van der Waals surface area contributed by atoms with Crippen LogP contribution < -0.4 is 15.2 Å². The number of ether oxygens (including phenoxy) is 2. The minimum absolute atomic E-state index is 0.0842. The van der Waals surface area contributed by atoms with E-state index < -0.39 is 8.32 Å². The fraction of sp³-hybridized carbons (Fsp3) is 0.345. The Morgan fingerprint density at radius 1 is 1.05 bits per heavy atom. The molecule has 0 saturated heterocycles. The van der Waals surface area contributed by atoms with Gasteiger partial charge >= 0.3 is 0 Å². The Balaban J connectivity index is 1.51. The average Bonchev–Trinajstić information content (AvgIpc) is 3.28. The smallest absolute Gasteiger partial charge is 0.226 e. The number of nitrogen functional groups attached to an aromatic ring is 1. The fourth-order valence-corrected chi connectivity index (χ4v) is 4.87. The van der Waals surface area contributed by atoms with E-state index in [1.54, 1.807) is 17.0 Å². The number of rotatable bonds is 11. The van der Waals surface area contributed by atoms with Crippen LogP contribution in [0.15, 0.2) is 61.3 Å².